The molecule has 1 heterocycles. The minimum atomic E-state index is -0.886. The Morgan fingerprint density at radius 3 is 2.29 bits per heavy atom. The summed E-state index contributed by atoms with van der Waals surface area (Å²) in [7, 11) is 0. The second-order valence-corrected chi connectivity index (χ2v) is 9.57. The smallest absolute Gasteiger partial charge is 0.308 e. The average molecular weight is 489 g/mol. The predicted octanol–water partition coefficient (Wildman–Crippen LogP) is 5.27. The van der Waals surface area contributed by atoms with Crippen molar-refractivity contribution in [2.24, 2.45) is 0 Å². The molecule has 1 aromatic carbocycles. The molecule has 0 aromatic heterocycles. The summed E-state index contributed by atoms with van der Waals surface area (Å²) in [6.45, 7) is 7.05. The summed E-state index contributed by atoms with van der Waals surface area (Å²) in [5.74, 6) is -0.625. The maximum atomic E-state index is 13.3. The zero-order valence-corrected chi connectivity index (χ0v) is 21.9. The van der Waals surface area contributed by atoms with Gasteiger partial charge in [0, 0.05) is 13.1 Å². The topological polar surface area (TPSA) is 84.9 Å². The molecule has 0 radical (unpaired) electrons. The van der Waals surface area contributed by atoms with Gasteiger partial charge in [0.1, 0.15) is 11.8 Å². The van der Waals surface area contributed by atoms with Crippen LogP contribution in [-0.2, 0) is 14.3 Å². The normalized spacial score (nSPS) is 15.7. The first kappa shape index (κ1) is 28.7. The molecular weight excluding hydrogens is 444 g/mol. The number of amides is 2. The zero-order valence-electron chi connectivity index (χ0n) is 21.9. The van der Waals surface area contributed by atoms with Crippen LogP contribution in [0.3, 0.4) is 0 Å². The first-order chi connectivity index (χ1) is 16.9. The summed E-state index contributed by atoms with van der Waals surface area (Å²) in [5.41, 5.74) is 0.389. The van der Waals surface area contributed by atoms with Gasteiger partial charge in [-0.3, -0.25) is 14.4 Å². The molecule has 0 spiro atoms. The standard InChI is InChI=1S/C28H44N2O5/c1-4-5-6-7-8-9-10-11-12-15-20-34-26(31)21-24-27(32)29-18-19-30(24)28(33)23-16-13-14-17-25(23)35-22(2)3/h13-14,16-17,22,24H,4-12,15,18-21H2,1-3H3,(H,29,32). The Bertz CT molecular complexity index is 795. The van der Waals surface area contributed by atoms with Crippen LogP contribution in [0, 0.1) is 0 Å². The number of carbonyl (C=O) groups is 3. The molecule has 1 atom stereocenters. The van der Waals surface area contributed by atoms with Gasteiger partial charge in [0.05, 0.1) is 24.7 Å². The van der Waals surface area contributed by atoms with Crippen LogP contribution in [-0.4, -0.2) is 54.5 Å². The van der Waals surface area contributed by atoms with E-state index in [1.165, 1.54) is 49.8 Å². The van der Waals surface area contributed by atoms with Crippen LogP contribution < -0.4 is 10.1 Å². The molecule has 1 aliphatic heterocycles. The first-order valence-corrected chi connectivity index (χ1v) is 13.4. The van der Waals surface area contributed by atoms with E-state index in [0.717, 1.165) is 19.3 Å². The number of carbonyl (C=O) groups excluding carboxylic acids is 3. The molecule has 2 amide bonds. The van der Waals surface area contributed by atoms with Gasteiger partial charge in [0.25, 0.3) is 5.91 Å². The van der Waals surface area contributed by atoms with Crippen LogP contribution in [0.25, 0.3) is 0 Å². The zero-order chi connectivity index (χ0) is 25.5. The van der Waals surface area contributed by atoms with Gasteiger partial charge in [0.15, 0.2) is 0 Å². The van der Waals surface area contributed by atoms with E-state index in [0.29, 0.717) is 31.0 Å². The maximum absolute atomic E-state index is 13.3. The molecule has 0 bridgehead atoms. The third kappa shape index (κ3) is 10.3. The molecule has 1 fully saturated rings. The van der Waals surface area contributed by atoms with E-state index in [1.54, 1.807) is 24.3 Å². The summed E-state index contributed by atoms with van der Waals surface area (Å²) in [6.07, 6.45) is 11.8. The van der Waals surface area contributed by atoms with Crippen LogP contribution in [0.4, 0.5) is 0 Å². The predicted molar refractivity (Wildman–Crippen MR) is 137 cm³/mol. The quantitative estimate of drug-likeness (QED) is 0.253. The van der Waals surface area contributed by atoms with Gasteiger partial charge in [-0.25, -0.2) is 0 Å². The molecule has 0 aliphatic carbocycles. The van der Waals surface area contributed by atoms with Gasteiger partial charge in [-0.15, -0.1) is 0 Å². The molecule has 7 nitrogen and oxygen atoms in total. The lowest BCUT2D eigenvalue weighted by Crippen LogP contribution is -2.57. The molecule has 35 heavy (non-hydrogen) atoms. The van der Waals surface area contributed by atoms with Crippen LogP contribution in [0.5, 0.6) is 5.75 Å². The summed E-state index contributed by atoms with van der Waals surface area (Å²) in [5, 5.41) is 2.76. The van der Waals surface area contributed by atoms with Crippen LogP contribution in [0.2, 0.25) is 0 Å². The van der Waals surface area contributed by atoms with Gasteiger partial charge in [-0.05, 0) is 32.4 Å². The summed E-state index contributed by atoms with van der Waals surface area (Å²) in [6, 6.07) is 6.11. The van der Waals surface area contributed by atoms with E-state index in [4.69, 9.17) is 9.47 Å². The van der Waals surface area contributed by atoms with Crippen molar-refractivity contribution >= 4 is 17.8 Å². The first-order valence-electron chi connectivity index (χ1n) is 13.4. The molecule has 7 heteroatoms. The minimum Gasteiger partial charge on any atom is -0.490 e. The lowest BCUT2D eigenvalue weighted by Gasteiger charge is -2.35. The Kier molecular flexibility index (Phi) is 13.2. The maximum Gasteiger partial charge on any atom is 0.308 e. The van der Waals surface area contributed by atoms with E-state index in [-0.39, 0.29) is 24.3 Å². The Labute approximate surface area is 210 Å². The van der Waals surface area contributed by atoms with Crippen molar-refractivity contribution in [3.63, 3.8) is 0 Å². The molecular formula is C28H44N2O5. The van der Waals surface area contributed by atoms with Gasteiger partial charge in [0.2, 0.25) is 5.91 Å². The molecule has 1 N–H and O–H groups in total. The molecule has 1 aliphatic rings. The molecule has 196 valence electrons. The summed E-state index contributed by atoms with van der Waals surface area (Å²) >= 11 is 0. The van der Waals surface area contributed by atoms with E-state index >= 15 is 0 Å². The highest BCUT2D eigenvalue weighted by atomic mass is 16.5. The van der Waals surface area contributed by atoms with Crippen molar-refractivity contribution < 1.29 is 23.9 Å². The number of hydrogen-bond acceptors (Lipinski definition) is 5. The number of piperazine rings is 1. The fraction of sp³-hybridized carbons (Fsp3) is 0.679. The monoisotopic (exact) mass is 488 g/mol. The second-order valence-electron chi connectivity index (χ2n) is 9.57. The van der Waals surface area contributed by atoms with Crippen molar-refractivity contribution in [2.75, 3.05) is 19.7 Å². The van der Waals surface area contributed by atoms with E-state index < -0.39 is 12.0 Å². The molecule has 1 unspecified atom stereocenters. The summed E-state index contributed by atoms with van der Waals surface area (Å²) < 4.78 is 11.2. The lowest BCUT2D eigenvalue weighted by molar-refractivity contribution is -0.147. The van der Waals surface area contributed by atoms with Crippen molar-refractivity contribution in [3.05, 3.63) is 29.8 Å². The number of nitrogens with zero attached hydrogens (tertiary/aromatic N) is 1. The number of ether oxygens (including phenoxy) is 2. The Balaban J connectivity index is 1.78. The number of unbranched alkanes of at least 4 members (excludes halogenated alkanes) is 9. The molecule has 0 saturated carbocycles. The van der Waals surface area contributed by atoms with E-state index in [9.17, 15) is 14.4 Å². The number of hydrogen-bond donors (Lipinski definition) is 1. The fourth-order valence-corrected chi connectivity index (χ4v) is 4.31. The highest BCUT2D eigenvalue weighted by molar-refractivity contribution is 6.01. The Morgan fingerprint density at radius 2 is 1.63 bits per heavy atom. The van der Waals surface area contributed by atoms with Crippen LogP contribution >= 0.6 is 0 Å². The highest BCUT2D eigenvalue weighted by Gasteiger charge is 2.36. The number of esters is 1. The fourth-order valence-electron chi connectivity index (χ4n) is 4.31. The van der Waals surface area contributed by atoms with Gasteiger partial charge in [-0.1, -0.05) is 76.8 Å². The Morgan fingerprint density at radius 1 is 1.00 bits per heavy atom. The van der Waals surface area contributed by atoms with Gasteiger partial charge >= 0.3 is 5.97 Å². The second kappa shape index (κ2) is 16.2. The van der Waals surface area contributed by atoms with E-state index in [1.807, 2.05) is 13.8 Å². The van der Waals surface area contributed by atoms with Crippen molar-refractivity contribution in [1.82, 2.24) is 10.2 Å². The number of nitrogens with one attached hydrogen (secondary N) is 1. The van der Waals surface area contributed by atoms with Crippen molar-refractivity contribution in [2.45, 2.75) is 104 Å². The van der Waals surface area contributed by atoms with Gasteiger partial charge in [-0.2, -0.15) is 0 Å². The average Bonchev–Trinajstić information content (AvgIpc) is 2.83. The SMILES string of the molecule is CCCCCCCCCCCCOC(=O)CC1C(=O)NCCN1C(=O)c1ccccc1OC(C)C. The Hall–Kier alpha value is -2.57. The number of benzene rings is 1. The number of para-hydroxylation sites is 1. The summed E-state index contributed by atoms with van der Waals surface area (Å²) in [4.78, 5) is 39.8. The van der Waals surface area contributed by atoms with Crippen LogP contribution in [0.15, 0.2) is 24.3 Å². The minimum absolute atomic E-state index is 0.0924. The van der Waals surface area contributed by atoms with Crippen molar-refractivity contribution in [1.29, 1.82) is 0 Å². The van der Waals surface area contributed by atoms with E-state index in [2.05, 4.69) is 12.2 Å². The third-order valence-electron chi connectivity index (χ3n) is 6.19. The molecule has 1 aromatic rings. The number of rotatable bonds is 16. The third-order valence-corrected chi connectivity index (χ3v) is 6.19. The molecule has 1 saturated heterocycles. The lowest BCUT2D eigenvalue weighted by atomic mass is 10.1. The van der Waals surface area contributed by atoms with Gasteiger partial charge < -0.3 is 19.7 Å². The highest BCUT2D eigenvalue weighted by Crippen LogP contribution is 2.23. The van der Waals surface area contributed by atoms with Crippen molar-refractivity contribution in [3.8, 4) is 5.75 Å². The largest absolute Gasteiger partial charge is 0.490 e. The molecule has 2 rings (SSSR count). The van der Waals surface area contributed by atoms with Crippen LogP contribution in [0.1, 0.15) is 102 Å².